The van der Waals surface area contributed by atoms with E-state index in [0.29, 0.717) is 11.8 Å². The van der Waals surface area contributed by atoms with Gasteiger partial charge < -0.3 is 15.2 Å². The first-order chi connectivity index (χ1) is 8.59. The summed E-state index contributed by atoms with van der Waals surface area (Å²) in [4.78, 5) is 10.8. The molecule has 1 fully saturated rings. The minimum absolute atomic E-state index is 0.101. The fourth-order valence-corrected chi connectivity index (χ4v) is 2.38. The molecule has 0 bridgehead atoms. The summed E-state index contributed by atoms with van der Waals surface area (Å²) in [6.07, 6.45) is 3.75. The Morgan fingerprint density at radius 3 is 2.56 bits per heavy atom. The summed E-state index contributed by atoms with van der Waals surface area (Å²) < 4.78 is 5.49. The van der Waals surface area contributed by atoms with E-state index in [2.05, 4.69) is 19.2 Å². The quantitative estimate of drug-likeness (QED) is 0.654. The smallest absolute Gasteiger partial charge is 0.306 e. The van der Waals surface area contributed by atoms with Crippen LogP contribution in [0.4, 0.5) is 0 Å². The standard InChI is InChI=1S/C14H27NO3/c1-11(2)10-18-8-7-15-9-12-3-5-13(6-4-12)14(16)17/h11-13,15H,3-10H2,1-2H3,(H,16,17). The molecule has 1 aliphatic rings. The molecule has 0 aromatic heterocycles. The molecule has 0 spiro atoms. The van der Waals surface area contributed by atoms with E-state index in [4.69, 9.17) is 9.84 Å². The molecule has 106 valence electrons. The third kappa shape index (κ3) is 6.36. The molecule has 18 heavy (non-hydrogen) atoms. The number of carboxylic acid groups (broad SMARTS) is 1. The van der Waals surface area contributed by atoms with Gasteiger partial charge in [-0.2, -0.15) is 0 Å². The van der Waals surface area contributed by atoms with Crippen LogP contribution in [0.3, 0.4) is 0 Å². The lowest BCUT2D eigenvalue weighted by Gasteiger charge is -2.26. The summed E-state index contributed by atoms with van der Waals surface area (Å²) in [5.74, 6) is 0.515. The van der Waals surface area contributed by atoms with Crippen LogP contribution < -0.4 is 5.32 Å². The van der Waals surface area contributed by atoms with Crippen LogP contribution in [0, 0.1) is 17.8 Å². The number of hydrogen-bond acceptors (Lipinski definition) is 3. The molecule has 0 amide bonds. The lowest BCUT2D eigenvalue weighted by molar-refractivity contribution is -0.143. The average molecular weight is 257 g/mol. The summed E-state index contributed by atoms with van der Waals surface area (Å²) >= 11 is 0. The number of nitrogens with one attached hydrogen (secondary N) is 1. The van der Waals surface area contributed by atoms with Gasteiger partial charge in [-0.1, -0.05) is 13.8 Å². The lowest BCUT2D eigenvalue weighted by Crippen LogP contribution is -2.30. The maximum absolute atomic E-state index is 10.8. The zero-order valence-corrected chi connectivity index (χ0v) is 11.7. The number of rotatable bonds is 8. The van der Waals surface area contributed by atoms with Crippen LogP contribution >= 0.6 is 0 Å². The second kappa shape index (κ2) is 8.48. The summed E-state index contributed by atoms with van der Waals surface area (Å²) in [5, 5.41) is 12.3. The first-order valence-electron chi connectivity index (χ1n) is 7.11. The number of ether oxygens (including phenoxy) is 1. The van der Waals surface area contributed by atoms with E-state index in [-0.39, 0.29) is 5.92 Å². The number of hydrogen-bond donors (Lipinski definition) is 2. The van der Waals surface area contributed by atoms with Gasteiger partial charge in [0.25, 0.3) is 0 Å². The molecule has 2 N–H and O–H groups in total. The van der Waals surface area contributed by atoms with Crippen LogP contribution in [0.25, 0.3) is 0 Å². The van der Waals surface area contributed by atoms with E-state index < -0.39 is 5.97 Å². The van der Waals surface area contributed by atoms with Gasteiger partial charge in [0, 0.05) is 13.2 Å². The third-order valence-electron chi connectivity index (χ3n) is 3.50. The van der Waals surface area contributed by atoms with Crippen molar-refractivity contribution in [1.82, 2.24) is 5.32 Å². The molecule has 0 heterocycles. The minimum atomic E-state index is -0.622. The maximum atomic E-state index is 10.8. The predicted octanol–water partition coefficient (Wildman–Crippen LogP) is 2.14. The van der Waals surface area contributed by atoms with Crippen LogP contribution in [0.5, 0.6) is 0 Å². The molecular weight excluding hydrogens is 230 g/mol. The topological polar surface area (TPSA) is 58.6 Å². The van der Waals surface area contributed by atoms with Gasteiger partial charge >= 0.3 is 5.97 Å². The van der Waals surface area contributed by atoms with Crippen LogP contribution in [0.1, 0.15) is 39.5 Å². The number of carboxylic acids is 1. The Kier molecular flexibility index (Phi) is 7.28. The zero-order valence-electron chi connectivity index (χ0n) is 11.7. The van der Waals surface area contributed by atoms with Crippen molar-refractivity contribution < 1.29 is 14.6 Å². The van der Waals surface area contributed by atoms with Gasteiger partial charge in [0.2, 0.25) is 0 Å². The predicted molar refractivity (Wildman–Crippen MR) is 71.6 cm³/mol. The number of aliphatic carboxylic acids is 1. The second-order valence-corrected chi connectivity index (χ2v) is 5.73. The molecule has 1 saturated carbocycles. The van der Waals surface area contributed by atoms with Gasteiger partial charge in [-0.05, 0) is 44.1 Å². The van der Waals surface area contributed by atoms with Crippen molar-refractivity contribution >= 4 is 5.97 Å². The minimum Gasteiger partial charge on any atom is -0.481 e. The first kappa shape index (κ1) is 15.4. The molecular formula is C14H27NO3. The molecule has 0 unspecified atom stereocenters. The van der Waals surface area contributed by atoms with Crippen LogP contribution in [0.2, 0.25) is 0 Å². The van der Waals surface area contributed by atoms with Crippen molar-refractivity contribution in [3.63, 3.8) is 0 Å². The summed E-state index contributed by atoms with van der Waals surface area (Å²) in [6.45, 7) is 7.78. The molecule has 4 heteroatoms. The van der Waals surface area contributed by atoms with Gasteiger partial charge in [0.15, 0.2) is 0 Å². The molecule has 0 aromatic carbocycles. The molecule has 1 rings (SSSR count). The Balaban J connectivity index is 1.96. The van der Waals surface area contributed by atoms with Crippen molar-refractivity contribution in [2.24, 2.45) is 17.8 Å². The Bertz CT molecular complexity index is 235. The highest BCUT2D eigenvalue weighted by Gasteiger charge is 2.25. The molecule has 0 radical (unpaired) electrons. The zero-order chi connectivity index (χ0) is 13.4. The molecule has 0 aromatic rings. The summed E-state index contributed by atoms with van der Waals surface area (Å²) in [7, 11) is 0. The van der Waals surface area contributed by atoms with Gasteiger partial charge in [-0.25, -0.2) is 0 Å². The normalized spacial score (nSPS) is 24.4. The third-order valence-corrected chi connectivity index (χ3v) is 3.50. The highest BCUT2D eigenvalue weighted by atomic mass is 16.5. The molecule has 0 aliphatic heterocycles. The second-order valence-electron chi connectivity index (χ2n) is 5.73. The van der Waals surface area contributed by atoms with Crippen molar-refractivity contribution in [1.29, 1.82) is 0 Å². The highest BCUT2D eigenvalue weighted by molar-refractivity contribution is 5.69. The fourth-order valence-electron chi connectivity index (χ4n) is 2.38. The van der Waals surface area contributed by atoms with E-state index in [1.165, 1.54) is 0 Å². The van der Waals surface area contributed by atoms with Crippen molar-refractivity contribution in [3.05, 3.63) is 0 Å². The van der Waals surface area contributed by atoms with Crippen LogP contribution in [0.15, 0.2) is 0 Å². The van der Waals surface area contributed by atoms with Crippen molar-refractivity contribution in [2.45, 2.75) is 39.5 Å². The van der Waals surface area contributed by atoms with Gasteiger partial charge in [-0.15, -0.1) is 0 Å². The Morgan fingerprint density at radius 1 is 1.33 bits per heavy atom. The average Bonchev–Trinajstić information content (AvgIpc) is 2.34. The lowest BCUT2D eigenvalue weighted by atomic mass is 9.82. The van der Waals surface area contributed by atoms with Crippen LogP contribution in [-0.4, -0.2) is 37.4 Å². The fraction of sp³-hybridized carbons (Fsp3) is 0.929. The van der Waals surface area contributed by atoms with Crippen molar-refractivity contribution in [2.75, 3.05) is 26.3 Å². The summed E-state index contributed by atoms with van der Waals surface area (Å²) in [5.41, 5.74) is 0. The molecule has 1 aliphatic carbocycles. The SMILES string of the molecule is CC(C)COCCNCC1CCC(C(=O)O)CC1. The Morgan fingerprint density at radius 2 is 2.00 bits per heavy atom. The van der Waals surface area contributed by atoms with E-state index >= 15 is 0 Å². The molecule has 0 atom stereocenters. The van der Waals surface area contributed by atoms with Crippen molar-refractivity contribution in [3.8, 4) is 0 Å². The molecule has 0 saturated heterocycles. The van der Waals surface area contributed by atoms with Gasteiger partial charge in [0.05, 0.1) is 12.5 Å². The Labute approximate surface area is 110 Å². The largest absolute Gasteiger partial charge is 0.481 e. The number of carbonyl (C=O) groups is 1. The van der Waals surface area contributed by atoms with Gasteiger partial charge in [-0.3, -0.25) is 4.79 Å². The van der Waals surface area contributed by atoms with E-state index in [9.17, 15) is 4.79 Å². The monoisotopic (exact) mass is 257 g/mol. The van der Waals surface area contributed by atoms with E-state index in [1.54, 1.807) is 0 Å². The summed E-state index contributed by atoms with van der Waals surface area (Å²) in [6, 6.07) is 0. The van der Waals surface area contributed by atoms with E-state index in [0.717, 1.165) is 52.0 Å². The maximum Gasteiger partial charge on any atom is 0.306 e. The van der Waals surface area contributed by atoms with Crippen LogP contribution in [-0.2, 0) is 9.53 Å². The Hall–Kier alpha value is -0.610. The molecule has 4 nitrogen and oxygen atoms in total. The van der Waals surface area contributed by atoms with Gasteiger partial charge in [0.1, 0.15) is 0 Å². The highest BCUT2D eigenvalue weighted by Crippen LogP contribution is 2.28. The van der Waals surface area contributed by atoms with E-state index in [1.807, 2.05) is 0 Å². The first-order valence-corrected chi connectivity index (χ1v) is 7.11.